The molecule has 1 fully saturated rings. The summed E-state index contributed by atoms with van der Waals surface area (Å²) in [5.74, 6) is 0.673. The van der Waals surface area contributed by atoms with Crippen LogP contribution in [-0.2, 0) is 4.79 Å². The van der Waals surface area contributed by atoms with E-state index in [1.54, 1.807) is 0 Å². The fraction of sp³-hybridized carbons (Fsp3) is 0.207. The highest BCUT2D eigenvalue weighted by atomic mass is 16.2. The molecule has 31 heavy (non-hydrogen) atoms. The molecule has 1 amide bonds. The standard InChI is InChI=1S/C29H27NO/c1-20(24-19-11-17-21-12-9-10-18-25(21)24)30(2)29(31)28-26(22-13-5-3-6-14-22)27(28)23-15-7-4-8-16-23/h3-20,26-28H,1-2H3/t20-,26-,27+,28?/m0/s1. The molecule has 0 spiro atoms. The summed E-state index contributed by atoms with van der Waals surface area (Å²) >= 11 is 0. The third kappa shape index (κ3) is 3.53. The van der Waals surface area contributed by atoms with E-state index in [1.807, 2.05) is 24.1 Å². The summed E-state index contributed by atoms with van der Waals surface area (Å²) in [5.41, 5.74) is 3.70. The molecule has 0 aliphatic heterocycles. The molecule has 2 heteroatoms. The minimum absolute atomic E-state index is 0.00652. The summed E-state index contributed by atoms with van der Waals surface area (Å²) in [6.07, 6.45) is 0. The van der Waals surface area contributed by atoms with E-state index in [4.69, 9.17) is 0 Å². The fourth-order valence-corrected chi connectivity index (χ4v) is 5.05. The first-order chi connectivity index (χ1) is 15.2. The average Bonchev–Trinajstić information content (AvgIpc) is 3.59. The Hall–Kier alpha value is -3.39. The molecule has 0 radical (unpaired) electrons. The van der Waals surface area contributed by atoms with E-state index in [0.717, 1.165) is 0 Å². The number of fused-ring (bicyclic) bond motifs is 1. The first-order valence-corrected chi connectivity index (χ1v) is 11.0. The Morgan fingerprint density at radius 1 is 0.710 bits per heavy atom. The summed E-state index contributed by atoms with van der Waals surface area (Å²) in [4.78, 5) is 15.7. The van der Waals surface area contributed by atoms with Crippen LogP contribution in [0.5, 0.6) is 0 Å². The van der Waals surface area contributed by atoms with E-state index < -0.39 is 0 Å². The highest BCUT2D eigenvalue weighted by Crippen LogP contribution is 2.61. The minimum Gasteiger partial charge on any atom is -0.339 e. The molecule has 4 atom stereocenters. The number of carbonyl (C=O) groups is 1. The van der Waals surface area contributed by atoms with Gasteiger partial charge in [-0.25, -0.2) is 0 Å². The van der Waals surface area contributed by atoms with Gasteiger partial charge in [0, 0.05) is 18.9 Å². The van der Waals surface area contributed by atoms with Crippen LogP contribution in [0.3, 0.4) is 0 Å². The molecule has 5 rings (SSSR count). The van der Waals surface area contributed by atoms with Gasteiger partial charge >= 0.3 is 0 Å². The zero-order valence-electron chi connectivity index (χ0n) is 18.0. The normalized spacial score (nSPS) is 20.9. The first-order valence-electron chi connectivity index (χ1n) is 11.0. The Balaban J connectivity index is 1.46. The minimum atomic E-state index is -0.0211. The second kappa shape index (κ2) is 8.03. The van der Waals surface area contributed by atoms with E-state index in [-0.39, 0.29) is 29.7 Å². The molecule has 1 aliphatic rings. The van der Waals surface area contributed by atoms with E-state index in [2.05, 4.69) is 97.9 Å². The van der Waals surface area contributed by atoms with Gasteiger partial charge in [0.1, 0.15) is 0 Å². The molecule has 0 bridgehead atoms. The largest absolute Gasteiger partial charge is 0.339 e. The van der Waals surface area contributed by atoms with Crippen LogP contribution in [0.4, 0.5) is 0 Å². The molecular formula is C29H27NO. The lowest BCUT2D eigenvalue weighted by Crippen LogP contribution is -2.31. The van der Waals surface area contributed by atoms with Gasteiger partial charge in [0.05, 0.1) is 12.0 Å². The number of hydrogen-bond donors (Lipinski definition) is 0. The zero-order valence-corrected chi connectivity index (χ0v) is 18.0. The van der Waals surface area contributed by atoms with Gasteiger partial charge in [0.25, 0.3) is 0 Å². The first kappa shape index (κ1) is 19.6. The Labute approximate surface area is 184 Å². The molecule has 2 nitrogen and oxygen atoms in total. The van der Waals surface area contributed by atoms with E-state index in [1.165, 1.54) is 27.5 Å². The fourth-order valence-electron chi connectivity index (χ4n) is 5.05. The van der Waals surface area contributed by atoms with Crippen molar-refractivity contribution < 1.29 is 4.79 Å². The number of hydrogen-bond acceptors (Lipinski definition) is 1. The Kier molecular flexibility index (Phi) is 5.07. The highest BCUT2D eigenvalue weighted by molar-refractivity contribution is 5.88. The van der Waals surface area contributed by atoms with Crippen molar-refractivity contribution in [2.45, 2.75) is 24.8 Å². The quantitative estimate of drug-likeness (QED) is 0.368. The molecule has 1 saturated carbocycles. The number of amides is 1. The maximum atomic E-state index is 13.7. The van der Waals surface area contributed by atoms with Crippen LogP contribution in [0.2, 0.25) is 0 Å². The van der Waals surface area contributed by atoms with Gasteiger partial charge in [0.2, 0.25) is 5.91 Å². The van der Waals surface area contributed by atoms with Crippen molar-refractivity contribution in [1.82, 2.24) is 4.90 Å². The van der Waals surface area contributed by atoms with Crippen LogP contribution in [-0.4, -0.2) is 17.9 Å². The average molecular weight is 406 g/mol. The van der Waals surface area contributed by atoms with Crippen LogP contribution >= 0.6 is 0 Å². The van der Waals surface area contributed by atoms with Gasteiger partial charge in [-0.2, -0.15) is 0 Å². The van der Waals surface area contributed by atoms with Gasteiger partial charge in [-0.15, -0.1) is 0 Å². The van der Waals surface area contributed by atoms with Crippen molar-refractivity contribution >= 4 is 16.7 Å². The van der Waals surface area contributed by atoms with Gasteiger partial charge in [-0.1, -0.05) is 103 Å². The van der Waals surface area contributed by atoms with Crippen LogP contribution in [0.25, 0.3) is 10.8 Å². The van der Waals surface area contributed by atoms with E-state index >= 15 is 0 Å². The van der Waals surface area contributed by atoms with Gasteiger partial charge in [-0.05, 0) is 34.4 Å². The summed E-state index contributed by atoms with van der Waals surface area (Å²) in [6.45, 7) is 2.14. The van der Waals surface area contributed by atoms with Gasteiger partial charge in [-0.3, -0.25) is 4.79 Å². The maximum absolute atomic E-state index is 13.7. The summed E-state index contributed by atoms with van der Waals surface area (Å²) in [5, 5.41) is 2.43. The molecule has 1 unspecified atom stereocenters. The van der Waals surface area contributed by atoms with E-state index in [0.29, 0.717) is 0 Å². The van der Waals surface area contributed by atoms with Gasteiger partial charge in [0.15, 0.2) is 0 Å². The van der Waals surface area contributed by atoms with Crippen LogP contribution in [0.1, 0.15) is 41.5 Å². The Bertz CT molecular complexity index is 1150. The van der Waals surface area contributed by atoms with Crippen molar-refractivity contribution in [3.05, 3.63) is 120 Å². The third-order valence-electron chi connectivity index (χ3n) is 6.88. The predicted molar refractivity (Wildman–Crippen MR) is 127 cm³/mol. The second-order valence-electron chi connectivity index (χ2n) is 8.59. The summed E-state index contributed by atoms with van der Waals surface area (Å²) in [6, 6.07) is 35.7. The lowest BCUT2D eigenvalue weighted by atomic mass is 9.98. The Morgan fingerprint density at radius 3 is 1.84 bits per heavy atom. The number of rotatable bonds is 5. The zero-order chi connectivity index (χ0) is 21.4. The molecule has 0 N–H and O–H groups in total. The SMILES string of the molecule is C[C@@H](c1cccc2ccccc12)N(C)C(=O)C1[C@@H](c2ccccc2)[C@H]1c1ccccc1. The van der Waals surface area contributed by atoms with Crippen LogP contribution < -0.4 is 0 Å². The second-order valence-corrected chi connectivity index (χ2v) is 8.59. The van der Waals surface area contributed by atoms with Gasteiger partial charge < -0.3 is 4.90 Å². The topological polar surface area (TPSA) is 20.3 Å². The Morgan fingerprint density at radius 2 is 1.23 bits per heavy atom. The summed E-state index contributed by atoms with van der Waals surface area (Å²) in [7, 11) is 1.96. The molecule has 0 saturated heterocycles. The van der Waals surface area contributed by atoms with Crippen molar-refractivity contribution in [3.8, 4) is 0 Å². The molecule has 1 aliphatic carbocycles. The molecular weight excluding hydrogens is 378 g/mol. The third-order valence-corrected chi connectivity index (χ3v) is 6.88. The number of nitrogens with zero attached hydrogens (tertiary/aromatic N) is 1. The lowest BCUT2D eigenvalue weighted by molar-refractivity contribution is -0.133. The van der Waals surface area contributed by atoms with Crippen molar-refractivity contribution in [2.75, 3.05) is 7.05 Å². The number of benzene rings is 4. The van der Waals surface area contributed by atoms with Crippen molar-refractivity contribution in [2.24, 2.45) is 5.92 Å². The highest BCUT2D eigenvalue weighted by Gasteiger charge is 2.57. The number of carbonyl (C=O) groups excluding carboxylic acids is 1. The maximum Gasteiger partial charge on any atom is 0.227 e. The van der Waals surface area contributed by atoms with Crippen molar-refractivity contribution in [3.63, 3.8) is 0 Å². The molecule has 4 aromatic carbocycles. The molecule has 154 valence electrons. The summed E-state index contributed by atoms with van der Waals surface area (Å²) < 4.78 is 0. The predicted octanol–water partition coefficient (Wildman–Crippen LogP) is 6.56. The smallest absolute Gasteiger partial charge is 0.227 e. The molecule has 4 aromatic rings. The molecule has 0 heterocycles. The molecule has 0 aromatic heterocycles. The monoisotopic (exact) mass is 405 g/mol. The van der Waals surface area contributed by atoms with Crippen LogP contribution in [0, 0.1) is 5.92 Å². The van der Waals surface area contributed by atoms with Crippen molar-refractivity contribution in [1.29, 1.82) is 0 Å². The lowest BCUT2D eigenvalue weighted by Gasteiger charge is -2.27. The van der Waals surface area contributed by atoms with Crippen LogP contribution in [0.15, 0.2) is 103 Å². The van der Waals surface area contributed by atoms with E-state index in [9.17, 15) is 4.79 Å².